The summed E-state index contributed by atoms with van der Waals surface area (Å²) in [5.41, 5.74) is 6.73. The highest BCUT2D eigenvalue weighted by molar-refractivity contribution is 7.09. The molecule has 0 fully saturated rings. The number of nitrogens with zero attached hydrogens (tertiary/aromatic N) is 1. The van der Waals surface area contributed by atoms with E-state index in [2.05, 4.69) is 22.1 Å². The molecule has 0 bridgehead atoms. The fourth-order valence-electron chi connectivity index (χ4n) is 1.88. The first kappa shape index (κ1) is 15.2. The zero-order valence-electron chi connectivity index (χ0n) is 11.8. The van der Waals surface area contributed by atoms with Crippen LogP contribution in [0.3, 0.4) is 0 Å². The number of nitrogens with two attached hydrogens (primary N) is 1. The molecule has 108 valence electrons. The molecule has 0 saturated heterocycles. The van der Waals surface area contributed by atoms with E-state index < -0.39 is 0 Å². The summed E-state index contributed by atoms with van der Waals surface area (Å²) in [7, 11) is 0. The zero-order valence-corrected chi connectivity index (χ0v) is 12.6. The van der Waals surface area contributed by atoms with Crippen LogP contribution in [0, 0.1) is 11.8 Å². The van der Waals surface area contributed by atoms with Gasteiger partial charge in [0, 0.05) is 22.7 Å². The number of hydrogen-bond acceptors (Lipinski definition) is 4. The fourth-order valence-corrected chi connectivity index (χ4v) is 2.65. The van der Waals surface area contributed by atoms with Crippen molar-refractivity contribution in [2.24, 2.45) is 5.73 Å². The zero-order chi connectivity index (χ0) is 15.1. The number of thiazole rings is 1. The second-order valence-corrected chi connectivity index (χ2v) is 5.32. The molecule has 5 heteroatoms. The Morgan fingerprint density at radius 3 is 3.05 bits per heavy atom. The Balaban J connectivity index is 2.12. The fraction of sp³-hybridized carbons (Fsp3) is 0.250. The smallest absolute Gasteiger partial charge is 0.251 e. The van der Waals surface area contributed by atoms with Crippen LogP contribution in [0.25, 0.3) is 0 Å². The van der Waals surface area contributed by atoms with Crippen molar-refractivity contribution >= 4 is 17.2 Å². The molecular weight excluding hydrogens is 282 g/mol. The molecule has 1 heterocycles. The highest BCUT2D eigenvalue weighted by Crippen LogP contribution is 2.19. The largest absolute Gasteiger partial charge is 0.343 e. The van der Waals surface area contributed by atoms with Crippen molar-refractivity contribution in [3.63, 3.8) is 0 Å². The van der Waals surface area contributed by atoms with Crippen LogP contribution in [0.4, 0.5) is 0 Å². The van der Waals surface area contributed by atoms with Crippen molar-refractivity contribution < 1.29 is 4.79 Å². The van der Waals surface area contributed by atoms with Crippen LogP contribution >= 0.6 is 11.3 Å². The Hall–Kier alpha value is -2.16. The van der Waals surface area contributed by atoms with Gasteiger partial charge >= 0.3 is 0 Å². The van der Waals surface area contributed by atoms with Crippen molar-refractivity contribution in [3.8, 4) is 11.8 Å². The van der Waals surface area contributed by atoms with Gasteiger partial charge in [0.05, 0.1) is 12.6 Å². The van der Waals surface area contributed by atoms with E-state index in [4.69, 9.17) is 5.73 Å². The Morgan fingerprint density at radius 2 is 2.38 bits per heavy atom. The van der Waals surface area contributed by atoms with Crippen LogP contribution in [0.5, 0.6) is 0 Å². The molecule has 0 radical (unpaired) electrons. The minimum atomic E-state index is -0.117. The Bertz CT molecular complexity index is 656. The lowest BCUT2D eigenvalue weighted by molar-refractivity contribution is 0.0935. The number of rotatable bonds is 4. The van der Waals surface area contributed by atoms with Crippen LogP contribution in [-0.4, -0.2) is 17.4 Å². The first-order chi connectivity index (χ1) is 10.2. The molecule has 1 unspecified atom stereocenters. The third-order valence-corrected chi connectivity index (χ3v) is 3.81. The molecule has 21 heavy (non-hydrogen) atoms. The van der Waals surface area contributed by atoms with E-state index in [9.17, 15) is 4.79 Å². The Labute approximate surface area is 128 Å². The number of nitrogens with one attached hydrogen (secondary N) is 1. The average Bonchev–Trinajstić information content (AvgIpc) is 3.04. The van der Waals surface area contributed by atoms with Gasteiger partial charge in [-0.3, -0.25) is 4.79 Å². The molecule has 3 N–H and O–H groups in total. The quantitative estimate of drug-likeness (QED) is 0.851. The Kier molecular flexibility index (Phi) is 5.50. The minimum Gasteiger partial charge on any atom is -0.343 e. The van der Waals surface area contributed by atoms with E-state index in [1.165, 1.54) is 0 Å². The predicted octanol–water partition coefficient (Wildman–Crippen LogP) is 2.33. The van der Waals surface area contributed by atoms with Crippen LogP contribution in [0.15, 0.2) is 35.8 Å². The summed E-state index contributed by atoms with van der Waals surface area (Å²) in [5, 5.41) is 5.84. The number of aromatic nitrogens is 1. The van der Waals surface area contributed by atoms with E-state index in [0.29, 0.717) is 12.1 Å². The molecule has 0 aliphatic carbocycles. The van der Waals surface area contributed by atoms with Gasteiger partial charge in [-0.15, -0.1) is 11.3 Å². The third kappa shape index (κ3) is 4.15. The van der Waals surface area contributed by atoms with Crippen molar-refractivity contribution in [2.75, 3.05) is 6.54 Å². The SMILES string of the molecule is CCC(NC(=O)c1cccc(C#CCN)c1)c1nccs1. The average molecular weight is 299 g/mol. The van der Waals surface area contributed by atoms with E-state index in [0.717, 1.165) is 17.0 Å². The van der Waals surface area contributed by atoms with Crippen molar-refractivity contribution in [1.82, 2.24) is 10.3 Å². The number of benzene rings is 1. The first-order valence-corrected chi connectivity index (χ1v) is 7.61. The molecule has 1 amide bonds. The molecule has 1 atom stereocenters. The normalized spacial score (nSPS) is 11.3. The molecule has 2 rings (SSSR count). The van der Waals surface area contributed by atoms with Gasteiger partial charge in [-0.2, -0.15) is 0 Å². The topological polar surface area (TPSA) is 68.0 Å². The monoisotopic (exact) mass is 299 g/mol. The van der Waals surface area contributed by atoms with Gasteiger partial charge in [0.1, 0.15) is 5.01 Å². The number of amides is 1. The summed E-state index contributed by atoms with van der Waals surface area (Å²) < 4.78 is 0. The molecule has 2 aromatic rings. The maximum atomic E-state index is 12.3. The molecule has 4 nitrogen and oxygen atoms in total. The van der Waals surface area contributed by atoms with E-state index in [-0.39, 0.29) is 11.9 Å². The van der Waals surface area contributed by atoms with E-state index in [1.54, 1.807) is 29.7 Å². The second kappa shape index (κ2) is 7.58. The summed E-state index contributed by atoms with van der Waals surface area (Å²) in [6.07, 6.45) is 2.55. The molecular formula is C16H17N3OS. The summed E-state index contributed by atoms with van der Waals surface area (Å²) in [4.78, 5) is 16.6. The highest BCUT2D eigenvalue weighted by Gasteiger charge is 2.16. The van der Waals surface area contributed by atoms with Crippen LogP contribution < -0.4 is 11.1 Å². The third-order valence-electron chi connectivity index (χ3n) is 2.92. The highest BCUT2D eigenvalue weighted by atomic mass is 32.1. The summed E-state index contributed by atoms with van der Waals surface area (Å²) in [6, 6.07) is 7.16. The van der Waals surface area contributed by atoms with Crippen molar-refractivity contribution in [2.45, 2.75) is 19.4 Å². The van der Waals surface area contributed by atoms with Crippen LogP contribution in [-0.2, 0) is 0 Å². The number of carbonyl (C=O) groups excluding carboxylic acids is 1. The van der Waals surface area contributed by atoms with E-state index in [1.807, 2.05) is 24.4 Å². The van der Waals surface area contributed by atoms with Crippen LogP contribution in [0.1, 0.15) is 40.3 Å². The van der Waals surface area contributed by atoms with Gasteiger partial charge in [-0.1, -0.05) is 24.8 Å². The maximum Gasteiger partial charge on any atom is 0.251 e. The standard InChI is InChI=1S/C16H17N3OS/c1-2-14(16-18-9-10-21-16)19-15(20)13-7-3-5-12(11-13)6-4-8-17/h3,5,7,9-11,14H,2,8,17H2,1H3,(H,19,20). The number of carbonyl (C=O) groups is 1. The predicted molar refractivity (Wildman–Crippen MR) is 85.0 cm³/mol. The van der Waals surface area contributed by atoms with Gasteiger partial charge in [0.2, 0.25) is 0 Å². The van der Waals surface area contributed by atoms with Gasteiger partial charge in [0.25, 0.3) is 5.91 Å². The molecule has 1 aromatic carbocycles. The molecule has 0 aliphatic heterocycles. The molecule has 0 spiro atoms. The molecule has 0 aliphatic rings. The lowest BCUT2D eigenvalue weighted by atomic mass is 10.1. The van der Waals surface area contributed by atoms with Gasteiger partial charge in [-0.25, -0.2) is 4.98 Å². The molecule has 0 saturated carbocycles. The maximum absolute atomic E-state index is 12.3. The lowest BCUT2D eigenvalue weighted by Crippen LogP contribution is -2.28. The van der Waals surface area contributed by atoms with Gasteiger partial charge in [0.15, 0.2) is 0 Å². The van der Waals surface area contributed by atoms with Gasteiger partial charge < -0.3 is 11.1 Å². The van der Waals surface area contributed by atoms with E-state index >= 15 is 0 Å². The van der Waals surface area contributed by atoms with Crippen LogP contribution in [0.2, 0.25) is 0 Å². The number of hydrogen-bond donors (Lipinski definition) is 2. The summed E-state index contributed by atoms with van der Waals surface area (Å²) in [5.74, 6) is 5.59. The summed E-state index contributed by atoms with van der Waals surface area (Å²) in [6.45, 7) is 2.33. The van der Waals surface area contributed by atoms with Crippen molar-refractivity contribution in [3.05, 3.63) is 52.0 Å². The second-order valence-electron chi connectivity index (χ2n) is 4.39. The first-order valence-electron chi connectivity index (χ1n) is 6.73. The lowest BCUT2D eigenvalue weighted by Gasteiger charge is -2.14. The summed E-state index contributed by atoms with van der Waals surface area (Å²) >= 11 is 1.54. The minimum absolute atomic E-state index is 0.0590. The molecule has 1 aromatic heterocycles. The Morgan fingerprint density at radius 1 is 1.52 bits per heavy atom. The van der Waals surface area contributed by atoms with Crippen molar-refractivity contribution in [1.29, 1.82) is 0 Å². The van der Waals surface area contributed by atoms with Gasteiger partial charge in [-0.05, 0) is 24.6 Å².